The van der Waals surface area contributed by atoms with Crippen LogP contribution in [-0.4, -0.2) is 12.6 Å². The van der Waals surface area contributed by atoms with E-state index in [1.807, 2.05) is 0 Å². The van der Waals surface area contributed by atoms with Gasteiger partial charge in [-0.15, -0.1) is 0 Å². The lowest BCUT2D eigenvalue weighted by Gasteiger charge is -2.08. The maximum Gasteiger partial charge on any atom is 0.0167 e. The molecule has 0 unspecified atom stereocenters. The van der Waals surface area contributed by atoms with E-state index >= 15 is 0 Å². The number of hydrogen-bond acceptors (Lipinski definition) is 1. The molecule has 1 saturated carbocycles. The molecule has 1 aliphatic carbocycles. The lowest BCUT2D eigenvalue weighted by molar-refractivity contribution is 0.623. The van der Waals surface area contributed by atoms with Gasteiger partial charge in [-0.2, -0.15) is 0 Å². The van der Waals surface area contributed by atoms with Gasteiger partial charge < -0.3 is 5.32 Å². The van der Waals surface area contributed by atoms with Crippen LogP contribution in [0.5, 0.6) is 0 Å². The lowest BCUT2D eigenvalue weighted by Crippen LogP contribution is -2.24. The van der Waals surface area contributed by atoms with Gasteiger partial charge in [0.05, 0.1) is 0 Å². The largest absolute Gasteiger partial charge is 0.311 e. The molecule has 0 amide bonds. The lowest BCUT2D eigenvalue weighted by atomic mass is 10.1. The Morgan fingerprint density at radius 2 is 1.94 bits per heavy atom. The molecule has 2 rings (SSSR count). The summed E-state index contributed by atoms with van der Waals surface area (Å²) in [4.78, 5) is 0. The average molecular weight is 229 g/mol. The molecule has 0 radical (unpaired) electrons. The Morgan fingerprint density at radius 1 is 1.29 bits per heavy atom. The van der Waals surface area contributed by atoms with Crippen molar-refractivity contribution in [2.75, 3.05) is 6.54 Å². The fourth-order valence-electron chi connectivity index (χ4n) is 1.98. The minimum atomic E-state index is 0.551. The topological polar surface area (TPSA) is 12.0 Å². The van der Waals surface area contributed by atoms with Crippen LogP contribution in [-0.2, 0) is 0 Å². The molecule has 1 fully saturated rings. The molecule has 1 aromatic carbocycles. The van der Waals surface area contributed by atoms with E-state index in [1.165, 1.54) is 29.5 Å². The molecule has 1 N–H and O–H groups in total. The Hall–Kier alpha value is -1.08. The zero-order valence-electron chi connectivity index (χ0n) is 11.2. The molecule has 1 aromatic rings. The van der Waals surface area contributed by atoms with Crippen LogP contribution in [0, 0.1) is 0 Å². The van der Waals surface area contributed by atoms with Crippen LogP contribution in [0.15, 0.2) is 29.8 Å². The predicted octanol–water partition coefficient (Wildman–Crippen LogP) is 3.97. The highest BCUT2D eigenvalue weighted by atomic mass is 14.9. The van der Waals surface area contributed by atoms with Crippen molar-refractivity contribution in [1.82, 2.24) is 5.32 Å². The Balaban J connectivity index is 1.94. The molecule has 0 bridgehead atoms. The molecule has 0 aliphatic heterocycles. The minimum absolute atomic E-state index is 0.551. The minimum Gasteiger partial charge on any atom is -0.311 e. The third-order valence-electron chi connectivity index (χ3n) is 3.19. The Bertz CT molecular complexity index is 382. The summed E-state index contributed by atoms with van der Waals surface area (Å²) in [7, 11) is 0. The Kier molecular flexibility index (Phi) is 4.01. The second kappa shape index (κ2) is 5.50. The van der Waals surface area contributed by atoms with Crippen molar-refractivity contribution in [3.63, 3.8) is 0 Å². The van der Waals surface area contributed by atoms with Gasteiger partial charge in [0.1, 0.15) is 0 Å². The summed E-state index contributed by atoms with van der Waals surface area (Å²) in [5.41, 5.74) is 4.22. The summed E-state index contributed by atoms with van der Waals surface area (Å²) in [5.74, 6) is 0.858. The molecule has 92 valence electrons. The smallest absolute Gasteiger partial charge is 0.0167 e. The second-order valence-electron chi connectivity index (χ2n) is 5.47. The van der Waals surface area contributed by atoms with Gasteiger partial charge in [0.2, 0.25) is 0 Å². The quantitative estimate of drug-likeness (QED) is 0.805. The van der Waals surface area contributed by atoms with Crippen LogP contribution in [0.1, 0.15) is 50.7 Å². The van der Waals surface area contributed by atoms with Gasteiger partial charge in [-0.3, -0.25) is 0 Å². The first-order valence-corrected chi connectivity index (χ1v) is 6.65. The highest BCUT2D eigenvalue weighted by molar-refractivity contribution is 5.53. The first-order chi connectivity index (χ1) is 8.15. The molecule has 1 aliphatic rings. The van der Waals surface area contributed by atoms with E-state index in [9.17, 15) is 0 Å². The predicted molar refractivity (Wildman–Crippen MR) is 75.2 cm³/mol. The fraction of sp³-hybridized carbons (Fsp3) is 0.500. The zero-order valence-corrected chi connectivity index (χ0v) is 11.2. The van der Waals surface area contributed by atoms with Crippen LogP contribution >= 0.6 is 0 Å². The van der Waals surface area contributed by atoms with E-state index in [4.69, 9.17) is 0 Å². The first kappa shape index (κ1) is 12.4. The number of benzene rings is 1. The molecular formula is C16H23N. The van der Waals surface area contributed by atoms with Crippen LogP contribution in [0.4, 0.5) is 0 Å². The van der Waals surface area contributed by atoms with Crippen LogP contribution < -0.4 is 5.32 Å². The summed E-state index contributed by atoms with van der Waals surface area (Å²) < 4.78 is 0. The van der Waals surface area contributed by atoms with E-state index < -0.39 is 0 Å². The van der Waals surface area contributed by atoms with Gasteiger partial charge >= 0.3 is 0 Å². The molecule has 0 atom stereocenters. The van der Waals surface area contributed by atoms with Crippen molar-refractivity contribution in [3.05, 3.63) is 41.0 Å². The van der Waals surface area contributed by atoms with Gasteiger partial charge in [-0.25, -0.2) is 0 Å². The van der Waals surface area contributed by atoms with Crippen LogP contribution in [0.3, 0.4) is 0 Å². The van der Waals surface area contributed by atoms with E-state index in [0.717, 1.165) is 12.5 Å². The first-order valence-electron chi connectivity index (χ1n) is 6.65. The van der Waals surface area contributed by atoms with Gasteiger partial charge in [0, 0.05) is 12.6 Å². The van der Waals surface area contributed by atoms with E-state index in [0.29, 0.717) is 6.04 Å². The summed E-state index contributed by atoms with van der Waals surface area (Å²) in [6, 6.07) is 9.61. The van der Waals surface area contributed by atoms with E-state index in [-0.39, 0.29) is 0 Å². The van der Waals surface area contributed by atoms with E-state index in [1.54, 1.807) is 0 Å². The van der Waals surface area contributed by atoms with Crippen molar-refractivity contribution >= 4 is 6.08 Å². The van der Waals surface area contributed by atoms with Gasteiger partial charge in [0.15, 0.2) is 0 Å². The van der Waals surface area contributed by atoms with Crippen molar-refractivity contribution in [1.29, 1.82) is 0 Å². The van der Waals surface area contributed by atoms with Gasteiger partial charge in [0.25, 0.3) is 0 Å². The summed E-state index contributed by atoms with van der Waals surface area (Å²) in [6.07, 6.45) is 5.03. The molecule has 0 aromatic heterocycles. The second-order valence-corrected chi connectivity index (χ2v) is 5.47. The van der Waals surface area contributed by atoms with Crippen molar-refractivity contribution in [2.24, 2.45) is 0 Å². The zero-order chi connectivity index (χ0) is 12.3. The maximum absolute atomic E-state index is 3.44. The third-order valence-corrected chi connectivity index (χ3v) is 3.19. The number of hydrogen-bond donors (Lipinski definition) is 1. The molecule has 1 heteroatoms. The Morgan fingerprint density at radius 3 is 2.47 bits per heavy atom. The molecule has 0 spiro atoms. The van der Waals surface area contributed by atoms with Gasteiger partial charge in [-0.05, 0) is 36.8 Å². The number of nitrogens with one attached hydrogen (secondary N) is 1. The molecule has 0 saturated heterocycles. The van der Waals surface area contributed by atoms with Crippen molar-refractivity contribution in [2.45, 2.75) is 45.6 Å². The fourth-order valence-corrected chi connectivity index (χ4v) is 1.98. The highest BCUT2D eigenvalue weighted by Crippen LogP contribution is 2.39. The highest BCUT2D eigenvalue weighted by Gasteiger charge is 2.22. The molecule has 0 heterocycles. The summed E-state index contributed by atoms with van der Waals surface area (Å²) in [5, 5.41) is 3.44. The standard InChI is InChI=1S/C16H23N/c1-12(2)17-11-13(3)10-14-4-6-15(7-5-14)16-8-9-16/h4-7,10,12,16-17H,8-9,11H2,1-3H3. The average Bonchev–Trinajstić information content (AvgIpc) is 3.11. The van der Waals surface area contributed by atoms with Crippen molar-refractivity contribution in [3.8, 4) is 0 Å². The van der Waals surface area contributed by atoms with Gasteiger partial charge in [-0.1, -0.05) is 49.8 Å². The SMILES string of the molecule is CC(=Cc1ccc(C2CC2)cc1)CNC(C)C. The number of rotatable bonds is 5. The third kappa shape index (κ3) is 4.01. The summed E-state index contributed by atoms with van der Waals surface area (Å²) >= 11 is 0. The maximum atomic E-state index is 3.44. The summed E-state index contributed by atoms with van der Waals surface area (Å²) in [6.45, 7) is 7.52. The van der Waals surface area contributed by atoms with Crippen LogP contribution in [0.25, 0.3) is 6.08 Å². The molecular weight excluding hydrogens is 206 g/mol. The van der Waals surface area contributed by atoms with Crippen LogP contribution in [0.2, 0.25) is 0 Å². The Labute approximate surface area is 105 Å². The monoisotopic (exact) mass is 229 g/mol. The van der Waals surface area contributed by atoms with Crippen molar-refractivity contribution < 1.29 is 0 Å². The molecule has 17 heavy (non-hydrogen) atoms. The normalized spacial score (nSPS) is 16.6. The molecule has 1 nitrogen and oxygen atoms in total. The van der Waals surface area contributed by atoms with E-state index in [2.05, 4.69) is 56.4 Å².